The minimum absolute atomic E-state index is 0.352. The van der Waals surface area contributed by atoms with E-state index >= 15 is 0 Å². The minimum atomic E-state index is -0.457. The number of aromatic nitrogens is 2. The summed E-state index contributed by atoms with van der Waals surface area (Å²) < 4.78 is 14.0. The molecule has 1 heterocycles. The first-order valence-corrected chi connectivity index (χ1v) is 9.54. The van der Waals surface area contributed by atoms with Crippen LogP contribution >= 0.6 is 11.6 Å². The summed E-state index contributed by atoms with van der Waals surface area (Å²) in [6, 6.07) is 9.63. The third-order valence-corrected chi connectivity index (χ3v) is 5.19. The number of anilines is 1. The van der Waals surface area contributed by atoms with Gasteiger partial charge in [-0.1, -0.05) is 23.7 Å². The van der Waals surface area contributed by atoms with Crippen LogP contribution in [0.5, 0.6) is 0 Å². The molecule has 0 spiro atoms. The molecular weight excluding hydrogens is 403 g/mol. The van der Waals surface area contributed by atoms with Crippen molar-refractivity contribution >= 4 is 30.0 Å². The van der Waals surface area contributed by atoms with E-state index in [4.69, 9.17) is 11.6 Å². The van der Waals surface area contributed by atoms with Gasteiger partial charge in [0.05, 0.1) is 17.9 Å². The monoisotopic (exact) mass is 422 g/mol. The van der Waals surface area contributed by atoms with Crippen molar-refractivity contribution in [1.82, 2.24) is 9.97 Å². The fraction of sp³-hybridized carbons (Fsp3) is 0.182. The molecule has 3 aromatic rings. The maximum atomic E-state index is 14.0. The third-order valence-electron chi connectivity index (χ3n) is 4.79. The molecule has 0 saturated carbocycles. The van der Waals surface area contributed by atoms with E-state index in [0.29, 0.717) is 50.2 Å². The summed E-state index contributed by atoms with van der Waals surface area (Å²) in [4.78, 5) is 15.9. The van der Waals surface area contributed by atoms with Crippen LogP contribution in [0.15, 0.2) is 46.6 Å². The Hall–Kier alpha value is -3.50. The number of nitriles is 1. The van der Waals surface area contributed by atoms with Gasteiger partial charge in [0, 0.05) is 17.6 Å². The number of imidazole rings is 1. The highest BCUT2D eigenvalue weighted by Crippen LogP contribution is 2.38. The Kier molecular flexibility index (Phi) is 6.28. The van der Waals surface area contributed by atoms with Crippen LogP contribution in [0.1, 0.15) is 35.3 Å². The molecule has 1 aromatic heterocycles. The van der Waals surface area contributed by atoms with Crippen LogP contribution in [0.3, 0.4) is 0 Å². The van der Waals surface area contributed by atoms with Crippen molar-refractivity contribution < 1.29 is 4.39 Å². The molecule has 2 aromatic carbocycles. The Morgan fingerprint density at radius 2 is 2.17 bits per heavy atom. The van der Waals surface area contributed by atoms with Crippen LogP contribution in [0.25, 0.3) is 11.1 Å². The van der Waals surface area contributed by atoms with Gasteiger partial charge >= 0.3 is 0 Å². The van der Waals surface area contributed by atoms with E-state index in [9.17, 15) is 9.65 Å². The normalized spacial score (nSPS) is 12.3. The number of hydrogen-bond donors (Lipinski definition) is 2. The van der Waals surface area contributed by atoms with E-state index < -0.39 is 11.9 Å². The number of halogens is 2. The van der Waals surface area contributed by atoms with Gasteiger partial charge in [-0.3, -0.25) is 4.99 Å². The molecule has 2 N–H and O–H groups in total. The predicted molar refractivity (Wildman–Crippen MR) is 119 cm³/mol. The van der Waals surface area contributed by atoms with Crippen LogP contribution in [0.2, 0.25) is 5.02 Å². The highest BCUT2D eigenvalue weighted by atomic mass is 35.5. The van der Waals surface area contributed by atoms with Crippen molar-refractivity contribution in [3.63, 3.8) is 0 Å². The van der Waals surface area contributed by atoms with Crippen LogP contribution in [0.4, 0.5) is 10.2 Å². The highest BCUT2D eigenvalue weighted by molar-refractivity contribution is 6.31. The molecule has 0 aliphatic carbocycles. The zero-order chi connectivity index (χ0) is 21.8. The molecule has 0 bridgehead atoms. The van der Waals surface area contributed by atoms with Crippen molar-refractivity contribution in [3.8, 4) is 17.2 Å². The number of H-pyrrole nitrogens is 1. The summed E-state index contributed by atoms with van der Waals surface area (Å²) in [7, 11) is 1.74. The number of aromatic amines is 1. The van der Waals surface area contributed by atoms with Crippen molar-refractivity contribution in [1.29, 1.82) is 5.26 Å². The summed E-state index contributed by atoms with van der Waals surface area (Å²) in [5.41, 5.74) is 3.46. The molecule has 30 heavy (non-hydrogen) atoms. The number of rotatable bonds is 5. The van der Waals surface area contributed by atoms with Gasteiger partial charge in [-0.05, 0) is 55.5 Å². The number of benzene rings is 2. The van der Waals surface area contributed by atoms with Gasteiger partial charge in [-0.25, -0.2) is 14.4 Å². The number of nitrogens with zero attached hydrogens (tertiary/aromatic N) is 4. The number of amidine groups is 1. The van der Waals surface area contributed by atoms with Gasteiger partial charge in [0.15, 0.2) is 11.7 Å². The van der Waals surface area contributed by atoms with E-state index in [1.807, 2.05) is 6.92 Å². The largest absolute Gasteiger partial charge is 0.371 e. The highest BCUT2D eigenvalue weighted by Gasteiger charge is 2.21. The molecular formula is C22H20ClFN6. The first-order valence-electron chi connectivity index (χ1n) is 9.16. The average Bonchev–Trinajstić information content (AvgIpc) is 3.21. The molecule has 1 unspecified atom stereocenters. The Balaban J connectivity index is 2.23. The molecule has 0 aliphatic rings. The van der Waals surface area contributed by atoms with Gasteiger partial charge in [0.2, 0.25) is 0 Å². The first-order chi connectivity index (χ1) is 14.4. The van der Waals surface area contributed by atoms with Crippen molar-refractivity contribution in [2.75, 3.05) is 12.4 Å². The third kappa shape index (κ3) is 3.95. The van der Waals surface area contributed by atoms with E-state index in [2.05, 4.69) is 38.1 Å². The fourth-order valence-corrected chi connectivity index (χ4v) is 3.50. The molecule has 0 fully saturated rings. The standard InChI is InChI=1S/C22H20ClFN6/c1-12-17(10-25)19(14-6-5-7-15(24)8-14)16(9-18(12)23)13(2)30-22(27-4)20-21(26-3)29-11-28-20/h5-9,11,13,26H,4H2,1-3H3,(H,28,29). The van der Waals surface area contributed by atoms with Gasteiger partial charge in [0.1, 0.15) is 17.6 Å². The summed E-state index contributed by atoms with van der Waals surface area (Å²) >= 11 is 6.41. The molecule has 1 atom stereocenters. The zero-order valence-electron chi connectivity index (χ0n) is 16.8. The van der Waals surface area contributed by atoms with Crippen LogP contribution < -0.4 is 5.32 Å². The quantitative estimate of drug-likeness (QED) is 0.432. The summed E-state index contributed by atoms with van der Waals surface area (Å²) in [5.74, 6) is 0.541. The first kappa shape index (κ1) is 21.2. The smallest absolute Gasteiger partial charge is 0.175 e. The van der Waals surface area contributed by atoms with Crippen molar-refractivity contribution in [2.24, 2.45) is 9.98 Å². The van der Waals surface area contributed by atoms with Gasteiger partial charge < -0.3 is 10.3 Å². The van der Waals surface area contributed by atoms with Crippen molar-refractivity contribution in [2.45, 2.75) is 19.9 Å². The summed E-state index contributed by atoms with van der Waals surface area (Å²) in [6.07, 6.45) is 1.53. The molecule has 0 radical (unpaired) electrons. The molecule has 0 saturated heterocycles. The average molecular weight is 423 g/mol. The fourth-order valence-electron chi connectivity index (χ4n) is 3.28. The van der Waals surface area contributed by atoms with Crippen LogP contribution in [-0.2, 0) is 0 Å². The van der Waals surface area contributed by atoms with Crippen molar-refractivity contribution in [3.05, 3.63) is 69.9 Å². The Morgan fingerprint density at radius 1 is 1.40 bits per heavy atom. The van der Waals surface area contributed by atoms with Crippen LogP contribution in [0, 0.1) is 24.1 Å². The Morgan fingerprint density at radius 3 is 2.80 bits per heavy atom. The molecule has 0 aliphatic heterocycles. The SMILES string of the molecule is C=NC(=NC(C)c1cc(Cl)c(C)c(C#N)c1-c1cccc(F)c1)c1[nH]cnc1NC. The second-order valence-electron chi connectivity index (χ2n) is 6.61. The summed E-state index contributed by atoms with van der Waals surface area (Å²) in [6.45, 7) is 7.23. The maximum absolute atomic E-state index is 14.0. The molecule has 8 heteroatoms. The van der Waals surface area contributed by atoms with Crippen LogP contribution in [-0.4, -0.2) is 29.6 Å². The molecule has 152 valence electrons. The number of aliphatic imine (C=N–C) groups is 2. The van der Waals surface area contributed by atoms with Gasteiger partial charge in [-0.15, -0.1) is 0 Å². The second-order valence-corrected chi connectivity index (χ2v) is 7.01. The van der Waals surface area contributed by atoms with Gasteiger partial charge in [0.25, 0.3) is 0 Å². The van der Waals surface area contributed by atoms with E-state index in [-0.39, 0.29) is 0 Å². The predicted octanol–water partition coefficient (Wildman–Crippen LogP) is 5.30. The maximum Gasteiger partial charge on any atom is 0.175 e. The summed E-state index contributed by atoms with van der Waals surface area (Å²) in [5, 5.41) is 13.2. The topological polar surface area (TPSA) is 89.2 Å². The number of hydrogen-bond acceptors (Lipinski definition) is 4. The van der Waals surface area contributed by atoms with E-state index in [1.165, 1.54) is 18.5 Å². The number of nitrogens with one attached hydrogen (secondary N) is 2. The van der Waals surface area contributed by atoms with E-state index in [0.717, 1.165) is 0 Å². The lowest BCUT2D eigenvalue weighted by atomic mass is 9.89. The molecule has 6 nitrogen and oxygen atoms in total. The van der Waals surface area contributed by atoms with Gasteiger partial charge in [-0.2, -0.15) is 5.26 Å². The second kappa shape index (κ2) is 8.89. The minimum Gasteiger partial charge on any atom is -0.371 e. The molecule has 0 amide bonds. The lowest BCUT2D eigenvalue weighted by molar-refractivity contribution is 0.628. The zero-order valence-corrected chi connectivity index (χ0v) is 17.5. The Bertz CT molecular complexity index is 1170. The molecule has 3 rings (SSSR count). The lowest BCUT2D eigenvalue weighted by Crippen LogP contribution is -2.06. The lowest BCUT2D eigenvalue weighted by Gasteiger charge is -2.18. The van der Waals surface area contributed by atoms with E-state index in [1.54, 1.807) is 32.2 Å². The Labute approximate surface area is 179 Å².